The molecule has 2 nitrogen and oxygen atoms in total. The van der Waals surface area contributed by atoms with Crippen LogP contribution in [0.2, 0.25) is 0 Å². The van der Waals surface area contributed by atoms with E-state index in [-0.39, 0.29) is 5.43 Å². The number of hydrogen-bond donors (Lipinski definition) is 0. The van der Waals surface area contributed by atoms with Gasteiger partial charge in [0.25, 0.3) is 0 Å². The van der Waals surface area contributed by atoms with Crippen LogP contribution in [0.3, 0.4) is 0 Å². The lowest BCUT2D eigenvalue weighted by Gasteiger charge is -2.12. The topological polar surface area (TPSA) is 22.0 Å². The molecule has 0 saturated heterocycles. The fourth-order valence-electron chi connectivity index (χ4n) is 3.81. The average Bonchev–Trinajstić information content (AvgIpc) is 2.74. The fourth-order valence-corrected chi connectivity index (χ4v) is 3.81. The molecule has 0 aliphatic carbocycles. The molecule has 1 heterocycles. The second-order valence-electron chi connectivity index (χ2n) is 8.06. The van der Waals surface area contributed by atoms with E-state index < -0.39 is 0 Å². The standard InChI is InChI=1S/C27H39NO/c1-3-4-5-6-7-8-9-10-11-12-13-14-15-16-17-20-24-23-27(29)25-21-18-19-22-26(25)28(24)2/h7-8,10-11,18-19,21-23H,3-6,9,12-17,20H2,1-2H3/b8-7-,11-10-. The van der Waals surface area contributed by atoms with E-state index in [1.807, 2.05) is 30.3 Å². The molecule has 158 valence electrons. The van der Waals surface area contributed by atoms with Gasteiger partial charge in [-0.1, -0.05) is 75.5 Å². The van der Waals surface area contributed by atoms with Crippen LogP contribution in [-0.4, -0.2) is 4.57 Å². The summed E-state index contributed by atoms with van der Waals surface area (Å²) in [4.78, 5) is 12.3. The van der Waals surface area contributed by atoms with Crippen molar-refractivity contribution in [2.24, 2.45) is 7.05 Å². The smallest absolute Gasteiger partial charge is 0.189 e. The van der Waals surface area contributed by atoms with Crippen LogP contribution in [0.25, 0.3) is 10.9 Å². The molecule has 2 heteroatoms. The van der Waals surface area contributed by atoms with Gasteiger partial charge in [0, 0.05) is 24.2 Å². The summed E-state index contributed by atoms with van der Waals surface area (Å²) >= 11 is 0. The van der Waals surface area contributed by atoms with Crippen molar-refractivity contribution >= 4 is 10.9 Å². The van der Waals surface area contributed by atoms with Crippen LogP contribution in [0.4, 0.5) is 0 Å². The zero-order valence-electron chi connectivity index (χ0n) is 18.5. The summed E-state index contributed by atoms with van der Waals surface area (Å²) in [5.74, 6) is 0. The lowest BCUT2D eigenvalue weighted by atomic mass is 10.1. The highest BCUT2D eigenvalue weighted by atomic mass is 16.1. The van der Waals surface area contributed by atoms with Crippen molar-refractivity contribution in [3.63, 3.8) is 0 Å². The second kappa shape index (κ2) is 14.0. The van der Waals surface area contributed by atoms with Gasteiger partial charge in [0.2, 0.25) is 0 Å². The molecule has 0 fully saturated rings. The number of para-hydroxylation sites is 1. The van der Waals surface area contributed by atoms with Crippen LogP contribution >= 0.6 is 0 Å². The molecule has 1 aromatic carbocycles. The average molecular weight is 394 g/mol. The van der Waals surface area contributed by atoms with Gasteiger partial charge in [-0.25, -0.2) is 0 Å². The van der Waals surface area contributed by atoms with E-state index in [0.717, 1.165) is 35.9 Å². The third kappa shape index (κ3) is 8.43. The van der Waals surface area contributed by atoms with E-state index >= 15 is 0 Å². The van der Waals surface area contributed by atoms with Gasteiger partial charge in [-0.15, -0.1) is 0 Å². The predicted octanol–water partition coefficient (Wildman–Crippen LogP) is 7.50. The van der Waals surface area contributed by atoms with Crippen molar-refractivity contribution in [2.75, 3.05) is 0 Å². The first kappa shape index (κ1) is 23.2. The van der Waals surface area contributed by atoms with Crippen LogP contribution < -0.4 is 5.43 Å². The highest BCUT2D eigenvalue weighted by molar-refractivity contribution is 5.79. The molecule has 0 spiro atoms. The molecule has 2 rings (SSSR count). The zero-order chi connectivity index (χ0) is 20.7. The molecule has 0 bridgehead atoms. The molecule has 1 aromatic heterocycles. The Morgan fingerprint density at radius 1 is 0.828 bits per heavy atom. The Bertz CT molecular complexity index is 828. The van der Waals surface area contributed by atoms with E-state index in [1.165, 1.54) is 57.8 Å². The third-order valence-corrected chi connectivity index (χ3v) is 5.64. The molecule has 0 amide bonds. The van der Waals surface area contributed by atoms with Gasteiger partial charge in [-0.3, -0.25) is 4.79 Å². The van der Waals surface area contributed by atoms with Crippen molar-refractivity contribution in [3.8, 4) is 0 Å². The molecule has 2 aromatic rings. The summed E-state index contributed by atoms with van der Waals surface area (Å²) < 4.78 is 2.18. The summed E-state index contributed by atoms with van der Waals surface area (Å²) in [7, 11) is 2.07. The number of allylic oxidation sites excluding steroid dienone is 4. The van der Waals surface area contributed by atoms with Gasteiger partial charge in [0.05, 0.1) is 5.52 Å². The predicted molar refractivity (Wildman–Crippen MR) is 128 cm³/mol. The minimum atomic E-state index is 0.149. The number of hydrogen-bond acceptors (Lipinski definition) is 1. The highest BCUT2D eigenvalue weighted by Crippen LogP contribution is 2.14. The van der Waals surface area contributed by atoms with Crippen LogP contribution in [0, 0.1) is 0 Å². The summed E-state index contributed by atoms with van der Waals surface area (Å²) in [6, 6.07) is 9.72. The minimum Gasteiger partial charge on any atom is -0.347 e. The first-order valence-corrected chi connectivity index (χ1v) is 11.6. The fraction of sp³-hybridized carbons (Fsp3) is 0.519. The van der Waals surface area contributed by atoms with Gasteiger partial charge in [-0.2, -0.15) is 0 Å². The van der Waals surface area contributed by atoms with E-state index in [9.17, 15) is 4.79 Å². The Hall–Kier alpha value is -2.09. The maximum absolute atomic E-state index is 12.3. The van der Waals surface area contributed by atoms with E-state index in [0.29, 0.717) is 0 Å². The molecule has 0 radical (unpaired) electrons. The van der Waals surface area contributed by atoms with Gasteiger partial charge in [0.15, 0.2) is 5.43 Å². The van der Waals surface area contributed by atoms with Crippen molar-refractivity contribution in [1.82, 2.24) is 4.57 Å². The number of aromatic nitrogens is 1. The molecule has 0 atom stereocenters. The van der Waals surface area contributed by atoms with Gasteiger partial charge in [-0.05, 0) is 57.1 Å². The summed E-state index contributed by atoms with van der Waals surface area (Å²) in [5, 5.41) is 0.818. The van der Waals surface area contributed by atoms with Crippen LogP contribution in [0.15, 0.2) is 59.4 Å². The summed E-state index contributed by atoms with van der Waals surface area (Å²) in [6.07, 6.45) is 24.0. The van der Waals surface area contributed by atoms with Crippen molar-refractivity contribution < 1.29 is 0 Å². The van der Waals surface area contributed by atoms with E-state index in [2.05, 4.69) is 42.8 Å². The number of benzene rings is 1. The molecular formula is C27H39NO. The summed E-state index contributed by atoms with van der Waals surface area (Å²) in [5.41, 5.74) is 2.34. The Balaban J connectivity index is 1.56. The largest absolute Gasteiger partial charge is 0.347 e. The number of aryl methyl sites for hydroxylation is 2. The maximum atomic E-state index is 12.3. The minimum absolute atomic E-state index is 0.149. The summed E-state index contributed by atoms with van der Waals surface area (Å²) in [6.45, 7) is 2.25. The Morgan fingerprint density at radius 3 is 2.24 bits per heavy atom. The monoisotopic (exact) mass is 393 g/mol. The van der Waals surface area contributed by atoms with Crippen LogP contribution in [-0.2, 0) is 13.5 Å². The molecule has 0 saturated carbocycles. The first-order valence-electron chi connectivity index (χ1n) is 11.6. The van der Waals surface area contributed by atoms with Gasteiger partial charge in [0.1, 0.15) is 0 Å². The first-order chi connectivity index (χ1) is 14.2. The molecular weight excluding hydrogens is 354 g/mol. The van der Waals surface area contributed by atoms with Gasteiger partial charge >= 0.3 is 0 Å². The maximum Gasteiger partial charge on any atom is 0.189 e. The lowest BCUT2D eigenvalue weighted by Crippen LogP contribution is -2.11. The molecule has 0 aliphatic heterocycles. The van der Waals surface area contributed by atoms with Crippen molar-refractivity contribution in [2.45, 2.75) is 84.0 Å². The Kier molecular flexibility index (Phi) is 11.2. The Morgan fingerprint density at radius 2 is 1.48 bits per heavy atom. The molecule has 0 unspecified atom stereocenters. The normalized spacial score (nSPS) is 11.9. The number of nitrogens with zero attached hydrogens (tertiary/aromatic N) is 1. The van der Waals surface area contributed by atoms with Crippen molar-refractivity contribution in [1.29, 1.82) is 0 Å². The highest BCUT2D eigenvalue weighted by Gasteiger charge is 2.05. The number of fused-ring (bicyclic) bond motifs is 1. The van der Waals surface area contributed by atoms with Crippen LogP contribution in [0.5, 0.6) is 0 Å². The Labute approximate surface area is 177 Å². The number of unbranched alkanes of at least 4 members (excludes halogenated alkanes) is 8. The van der Waals surface area contributed by atoms with Crippen molar-refractivity contribution in [3.05, 3.63) is 70.6 Å². The number of pyridine rings is 1. The van der Waals surface area contributed by atoms with E-state index in [4.69, 9.17) is 0 Å². The molecule has 0 N–H and O–H groups in total. The molecule has 0 aliphatic rings. The third-order valence-electron chi connectivity index (χ3n) is 5.64. The molecule has 29 heavy (non-hydrogen) atoms. The second-order valence-corrected chi connectivity index (χ2v) is 8.06. The van der Waals surface area contributed by atoms with Crippen LogP contribution in [0.1, 0.15) is 83.2 Å². The van der Waals surface area contributed by atoms with E-state index in [1.54, 1.807) is 0 Å². The quantitative estimate of drug-likeness (QED) is 0.240. The zero-order valence-corrected chi connectivity index (χ0v) is 18.5. The number of rotatable bonds is 14. The SMILES string of the molecule is CCCCC/C=C\C/C=C\CCCCCCCc1cc(=O)c2ccccc2n1C. The van der Waals surface area contributed by atoms with Gasteiger partial charge < -0.3 is 4.57 Å². The lowest BCUT2D eigenvalue weighted by molar-refractivity contribution is 0.608.